The van der Waals surface area contributed by atoms with E-state index in [4.69, 9.17) is 5.73 Å². The van der Waals surface area contributed by atoms with Crippen LogP contribution >= 0.6 is 11.8 Å². The second-order valence-corrected chi connectivity index (χ2v) is 3.79. The maximum atomic E-state index is 10.9. The van der Waals surface area contributed by atoms with Gasteiger partial charge < -0.3 is 10.6 Å². The number of carbonyl (C=O) groups excluding carboxylic acids is 2. The molecule has 0 saturated heterocycles. The molecule has 80 valence electrons. The molecule has 0 aromatic carbocycles. The maximum Gasteiger partial charge on any atom is 0.435 e. The highest BCUT2D eigenvalue weighted by atomic mass is 32.2. The molecule has 2 N–H and O–H groups in total. The Morgan fingerprint density at radius 1 is 1.50 bits per heavy atom. The summed E-state index contributed by atoms with van der Waals surface area (Å²) in [5.74, 6) is -0.321. The lowest BCUT2D eigenvalue weighted by molar-refractivity contribution is -0.115. The lowest BCUT2D eigenvalue weighted by atomic mass is 10.8. The van der Waals surface area contributed by atoms with Crippen molar-refractivity contribution in [3.8, 4) is 0 Å². The quantitative estimate of drug-likeness (QED) is 0.319. The van der Waals surface area contributed by atoms with Gasteiger partial charge in [0.05, 0.1) is 5.75 Å². The second kappa shape index (κ2) is 6.25. The molecule has 0 aliphatic rings. The first-order valence-corrected chi connectivity index (χ1v) is 4.76. The highest BCUT2D eigenvalue weighted by Crippen LogP contribution is 2.03. The summed E-state index contributed by atoms with van der Waals surface area (Å²) in [6.07, 6.45) is -0.566. The molecule has 0 aromatic rings. The van der Waals surface area contributed by atoms with E-state index in [0.29, 0.717) is 5.04 Å². The monoisotopic (exact) mass is 219 g/mol. The fraction of sp³-hybridized carbons (Fsp3) is 0.571. The summed E-state index contributed by atoms with van der Waals surface area (Å²) in [4.78, 5) is 27.0. The molecule has 6 nitrogen and oxygen atoms in total. The van der Waals surface area contributed by atoms with Crippen molar-refractivity contribution >= 4 is 28.8 Å². The van der Waals surface area contributed by atoms with E-state index in [1.165, 1.54) is 4.90 Å². The lowest BCUT2D eigenvalue weighted by Crippen LogP contribution is -2.21. The molecule has 0 bridgehead atoms. The van der Waals surface area contributed by atoms with E-state index in [0.717, 1.165) is 11.8 Å². The van der Waals surface area contributed by atoms with Crippen molar-refractivity contribution in [1.29, 1.82) is 0 Å². The minimum atomic E-state index is -0.566. The summed E-state index contributed by atoms with van der Waals surface area (Å²) >= 11 is 1.12. The third-order valence-electron chi connectivity index (χ3n) is 1.04. The molecule has 0 aliphatic carbocycles. The lowest BCUT2D eigenvalue weighted by Gasteiger charge is -2.06. The zero-order valence-electron chi connectivity index (χ0n) is 8.31. The predicted molar refractivity (Wildman–Crippen MR) is 54.9 cm³/mol. The van der Waals surface area contributed by atoms with Crippen LogP contribution in [0.1, 0.15) is 6.92 Å². The minimum Gasteiger partial charge on any atom is -0.369 e. The van der Waals surface area contributed by atoms with Crippen LogP contribution in [0.3, 0.4) is 0 Å². The van der Waals surface area contributed by atoms with Gasteiger partial charge in [-0.25, -0.2) is 4.79 Å². The number of carbonyl (C=O) groups is 2. The number of amides is 2. The molecule has 0 rings (SSSR count). The van der Waals surface area contributed by atoms with Crippen molar-refractivity contribution in [2.24, 2.45) is 10.9 Å². The first-order chi connectivity index (χ1) is 6.43. The van der Waals surface area contributed by atoms with Crippen molar-refractivity contribution in [3.63, 3.8) is 0 Å². The van der Waals surface area contributed by atoms with E-state index >= 15 is 0 Å². The molecule has 0 saturated carbocycles. The Hall–Kier alpha value is -1.24. The number of rotatable bonds is 3. The Morgan fingerprint density at radius 2 is 2.07 bits per heavy atom. The zero-order valence-corrected chi connectivity index (χ0v) is 9.13. The molecule has 7 heteroatoms. The van der Waals surface area contributed by atoms with Crippen LogP contribution in [0.4, 0.5) is 4.79 Å². The number of nitrogens with zero attached hydrogens (tertiary/aromatic N) is 2. The van der Waals surface area contributed by atoms with Crippen LogP contribution in [0.15, 0.2) is 5.16 Å². The molecule has 14 heavy (non-hydrogen) atoms. The van der Waals surface area contributed by atoms with Gasteiger partial charge in [0, 0.05) is 14.1 Å². The van der Waals surface area contributed by atoms with Crippen LogP contribution in [0.5, 0.6) is 0 Å². The van der Waals surface area contributed by atoms with E-state index in [2.05, 4.69) is 9.99 Å². The molecule has 0 radical (unpaired) electrons. The smallest absolute Gasteiger partial charge is 0.369 e. The average Bonchev–Trinajstić information content (AvgIpc) is 2.10. The molecule has 0 atom stereocenters. The first kappa shape index (κ1) is 12.8. The summed E-state index contributed by atoms with van der Waals surface area (Å²) in [7, 11) is 3.09. The summed E-state index contributed by atoms with van der Waals surface area (Å²) in [5.41, 5.74) is 4.91. The zero-order chi connectivity index (χ0) is 11.1. The topological polar surface area (TPSA) is 85.0 Å². The number of hydrogen-bond acceptors (Lipinski definition) is 5. The molecule has 0 unspecified atom stereocenters. The normalized spacial score (nSPS) is 10.9. The summed E-state index contributed by atoms with van der Waals surface area (Å²) < 4.78 is 0. The van der Waals surface area contributed by atoms with Crippen LogP contribution < -0.4 is 5.73 Å². The minimum absolute atomic E-state index is 0.120. The van der Waals surface area contributed by atoms with Gasteiger partial charge in [0.25, 0.3) is 0 Å². The average molecular weight is 219 g/mol. The Bertz CT molecular complexity index is 253. The van der Waals surface area contributed by atoms with Gasteiger partial charge >= 0.3 is 6.09 Å². The fourth-order valence-electron chi connectivity index (χ4n) is 0.387. The van der Waals surface area contributed by atoms with E-state index in [9.17, 15) is 9.59 Å². The second-order valence-electron chi connectivity index (χ2n) is 2.62. The summed E-state index contributed by atoms with van der Waals surface area (Å²) in [6.45, 7) is 1.62. The van der Waals surface area contributed by atoms with Crippen LogP contribution in [-0.4, -0.2) is 41.8 Å². The summed E-state index contributed by atoms with van der Waals surface area (Å²) in [6, 6.07) is 0. The van der Waals surface area contributed by atoms with Crippen LogP contribution in [-0.2, 0) is 9.63 Å². The van der Waals surface area contributed by atoms with Crippen molar-refractivity contribution in [3.05, 3.63) is 0 Å². The van der Waals surface area contributed by atoms with E-state index in [1.807, 2.05) is 0 Å². The van der Waals surface area contributed by atoms with Gasteiger partial charge in [0.2, 0.25) is 5.91 Å². The van der Waals surface area contributed by atoms with Gasteiger partial charge in [-0.1, -0.05) is 16.9 Å². The largest absolute Gasteiger partial charge is 0.435 e. The van der Waals surface area contributed by atoms with Crippen molar-refractivity contribution in [2.75, 3.05) is 19.8 Å². The fourth-order valence-corrected chi connectivity index (χ4v) is 0.828. The van der Waals surface area contributed by atoms with Gasteiger partial charge in [0.1, 0.15) is 5.04 Å². The number of oxime groups is 1. The standard InChI is InChI=1S/C7H13N3O3S/c1-5(14-4-6(8)11)9-13-7(12)10(2)3/h4H2,1-3H3,(H2,8,11). The van der Waals surface area contributed by atoms with Gasteiger partial charge in [-0.05, 0) is 6.92 Å². The van der Waals surface area contributed by atoms with E-state index in [-0.39, 0.29) is 5.75 Å². The summed E-state index contributed by atoms with van der Waals surface area (Å²) in [5, 5.41) is 3.97. The predicted octanol–water partition coefficient (Wildman–Crippen LogP) is 0.237. The SMILES string of the molecule is CC(=NOC(=O)N(C)C)SCC(N)=O. The van der Waals surface area contributed by atoms with E-state index in [1.54, 1.807) is 21.0 Å². The van der Waals surface area contributed by atoms with Crippen LogP contribution in [0, 0.1) is 0 Å². The Labute approximate surface area is 86.4 Å². The van der Waals surface area contributed by atoms with E-state index < -0.39 is 12.0 Å². The van der Waals surface area contributed by atoms with Gasteiger partial charge in [-0.15, -0.1) is 0 Å². The molecular weight excluding hydrogens is 206 g/mol. The maximum absolute atomic E-state index is 10.9. The number of primary amides is 1. The number of hydrogen-bond donors (Lipinski definition) is 1. The molecule has 0 fully saturated rings. The molecule has 0 spiro atoms. The van der Waals surface area contributed by atoms with Gasteiger partial charge in [-0.3, -0.25) is 9.63 Å². The Kier molecular flexibility index (Phi) is 5.70. The van der Waals surface area contributed by atoms with Gasteiger partial charge in [0.15, 0.2) is 0 Å². The molecule has 0 aliphatic heterocycles. The van der Waals surface area contributed by atoms with Crippen molar-refractivity contribution < 1.29 is 14.4 Å². The molecule has 0 heterocycles. The first-order valence-electron chi connectivity index (χ1n) is 3.77. The number of thioether (sulfide) groups is 1. The molecular formula is C7H13N3O3S. The number of nitrogens with two attached hydrogens (primary N) is 1. The Balaban J connectivity index is 3.88. The van der Waals surface area contributed by atoms with Crippen LogP contribution in [0.25, 0.3) is 0 Å². The third kappa shape index (κ3) is 6.30. The van der Waals surface area contributed by atoms with Crippen molar-refractivity contribution in [2.45, 2.75) is 6.92 Å². The van der Waals surface area contributed by atoms with Crippen LogP contribution in [0.2, 0.25) is 0 Å². The highest BCUT2D eigenvalue weighted by Gasteiger charge is 2.04. The van der Waals surface area contributed by atoms with Gasteiger partial charge in [-0.2, -0.15) is 0 Å². The highest BCUT2D eigenvalue weighted by molar-refractivity contribution is 8.14. The molecule has 0 aromatic heterocycles. The van der Waals surface area contributed by atoms with Crippen molar-refractivity contribution in [1.82, 2.24) is 4.90 Å². The third-order valence-corrected chi connectivity index (χ3v) is 1.96. The molecule has 2 amide bonds. The Morgan fingerprint density at radius 3 is 2.50 bits per heavy atom.